The second-order valence-corrected chi connectivity index (χ2v) is 16.7. The molecule has 10 heteroatoms. The number of hydrogen-bond acceptors (Lipinski definition) is 6. The third-order valence-corrected chi connectivity index (χ3v) is 11.6. The molecule has 0 spiro atoms. The lowest BCUT2D eigenvalue weighted by atomic mass is 9.90. The first-order valence-corrected chi connectivity index (χ1v) is 18.1. The van der Waals surface area contributed by atoms with Gasteiger partial charge in [-0.25, -0.2) is 22.2 Å². The van der Waals surface area contributed by atoms with Crippen molar-refractivity contribution in [1.82, 2.24) is 18.8 Å². The Morgan fingerprint density at radius 2 is 1.67 bits per heavy atom. The van der Waals surface area contributed by atoms with E-state index in [1.54, 1.807) is 68.7 Å². The number of nitrogens with zero attached hydrogens (tertiary/aromatic N) is 4. The van der Waals surface area contributed by atoms with Crippen molar-refractivity contribution in [3.8, 4) is 11.1 Å². The summed E-state index contributed by atoms with van der Waals surface area (Å²) >= 11 is 0. The molecule has 1 aliphatic carbocycles. The molecule has 6 rings (SSSR count). The molecule has 2 atom stereocenters. The minimum atomic E-state index is -3.91. The highest BCUT2D eigenvalue weighted by molar-refractivity contribution is 7.91. The predicted molar refractivity (Wildman–Crippen MR) is 194 cm³/mol. The van der Waals surface area contributed by atoms with Gasteiger partial charge in [-0.3, -0.25) is 4.79 Å². The van der Waals surface area contributed by atoms with Crippen LogP contribution in [0, 0.1) is 0 Å². The molecule has 1 aliphatic heterocycles. The summed E-state index contributed by atoms with van der Waals surface area (Å²) in [6, 6.07) is 19.4. The Morgan fingerprint density at radius 3 is 2.35 bits per heavy atom. The maximum absolute atomic E-state index is 14.2. The van der Waals surface area contributed by atoms with E-state index in [9.17, 15) is 18.0 Å². The predicted octanol–water partition coefficient (Wildman–Crippen LogP) is 7.50. The molecule has 3 heterocycles. The van der Waals surface area contributed by atoms with Crippen LogP contribution in [0.5, 0.6) is 0 Å². The standard InChI is InChI=1S/C39H44N4O5S/c1-38(2,3)48-37(45)42-21-8-10-33(26-42)28-11-13-29(14-12-28)34-23-31-19-22-43(35(31)40-25-34)49(46,47)39(4)20-7-9-32(24-39)27-15-17-30(18-16-27)36(44)41(5)6/h7,9,11-20,22-23,25,33H,8,10,21,24,26H2,1-6H3. The number of rotatable bonds is 6. The molecule has 2 aromatic heterocycles. The summed E-state index contributed by atoms with van der Waals surface area (Å²) in [7, 11) is -0.488. The third-order valence-electron chi connectivity index (χ3n) is 9.33. The molecule has 2 aromatic carbocycles. The lowest BCUT2D eigenvalue weighted by Crippen LogP contribution is -2.42. The van der Waals surface area contributed by atoms with Crippen LogP contribution < -0.4 is 0 Å². The van der Waals surface area contributed by atoms with Gasteiger partial charge < -0.3 is 14.5 Å². The van der Waals surface area contributed by atoms with Gasteiger partial charge in [0.1, 0.15) is 10.3 Å². The maximum Gasteiger partial charge on any atom is 0.410 e. The molecule has 256 valence electrons. The van der Waals surface area contributed by atoms with E-state index < -0.39 is 20.4 Å². The number of allylic oxidation sites excluding steroid dienone is 3. The van der Waals surface area contributed by atoms with E-state index in [-0.39, 0.29) is 24.3 Å². The van der Waals surface area contributed by atoms with Crippen LogP contribution in [-0.4, -0.2) is 76.7 Å². The fourth-order valence-electron chi connectivity index (χ4n) is 6.59. The van der Waals surface area contributed by atoms with Crippen molar-refractivity contribution in [2.24, 2.45) is 0 Å². The molecule has 2 unspecified atom stereocenters. The van der Waals surface area contributed by atoms with Gasteiger partial charge >= 0.3 is 6.09 Å². The van der Waals surface area contributed by atoms with Crippen LogP contribution in [0.2, 0.25) is 0 Å². The fraction of sp³-hybridized carbons (Fsp3) is 0.359. The number of carbonyl (C=O) groups is 2. The first-order chi connectivity index (χ1) is 23.1. The third kappa shape index (κ3) is 6.92. The summed E-state index contributed by atoms with van der Waals surface area (Å²) in [6.45, 7) is 8.70. The SMILES string of the molecule is CN(C)C(=O)c1ccc(C2=CC=CC(C)(S(=O)(=O)n3ccc4cc(-c5ccc(C6CCCN(C(=O)OC(C)(C)C)C6)cc5)cnc43)C2)cc1. The van der Waals surface area contributed by atoms with Gasteiger partial charge in [-0.1, -0.05) is 54.6 Å². The number of benzene rings is 2. The maximum atomic E-state index is 14.2. The number of fused-ring (bicyclic) bond motifs is 1. The van der Waals surface area contributed by atoms with Crippen molar-refractivity contribution in [3.05, 3.63) is 108 Å². The van der Waals surface area contributed by atoms with Gasteiger partial charge in [-0.2, -0.15) is 0 Å². The zero-order chi connectivity index (χ0) is 35.1. The van der Waals surface area contributed by atoms with Gasteiger partial charge in [-0.05, 0) is 93.5 Å². The number of carbonyl (C=O) groups excluding carboxylic acids is 2. The summed E-state index contributed by atoms with van der Waals surface area (Å²) < 4.78 is 34.1. The van der Waals surface area contributed by atoms with Crippen molar-refractivity contribution in [2.75, 3.05) is 27.2 Å². The molecule has 0 radical (unpaired) electrons. The summed E-state index contributed by atoms with van der Waals surface area (Å²) in [4.78, 5) is 33.0. The van der Waals surface area contributed by atoms with Gasteiger partial charge in [0.2, 0.25) is 10.0 Å². The van der Waals surface area contributed by atoms with Gasteiger partial charge in [0.15, 0.2) is 5.65 Å². The van der Waals surface area contributed by atoms with E-state index in [2.05, 4.69) is 29.2 Å². The minimum Gasteiger partial charge on any atom is -0.444 e. The van der Waals surface area contributed by atoms with E-state index in [4.69, 9.17) is 4.74 Å². The lowest BCUT2D eigenvalue weighted by molar-refractivity contribution is 0.0198. The Hall–Kier alpha value is -4.70. The molecule has 49 heavy (non-hydrogen) atoms. The van der Waals surface area contributed by atoms with Crippen LogP contribution in [0.1, 0.15) is 74.4 Å². The summed E-state index contributed by atoms with van der Waals surface area (Å²) in [5, 5.41) is 0.728. The number of ether oxygens (including phenoxy) is 1. The number of aromatic nitrogens is 2. The van der Waals surface area contributed by atoms with E-state index >= 15 is 0 Å². The smallest absolute Gasteiger partial charge is 0.410 e. The van der Waals surface area contributed by atoms with Gasteiger partial charge in [0.05, 0.1) is 0 Å². The number of piperidine rings is 1. The number of pyridine rings is 1. The normalized spacial score (nSPS) is 19.8. The van der Waals surface area contributed by atoms with Crippen LogP contribution in [0.3, 0.4) is 0 Å². The topological polar surface area (TPSA) is 102 Å². The molecule has 9 nitrogen and oxygen atoms in total. The number of hydrogen-bond donors (Lipinski definition) is 0. The van der Waals surface area contributed by atoms with Crippen molar-refractivity contribution in [3.63, 3.8) is 0 Å². The zero-order valence-corrected chi connectivity index (χ0v) is 29.8. The molecule has 0 saturated carbocycles. The largest absolute Gasteiger partial charge is 0.444 e. The van der Waals surface area contributed by atoms with Crippen LogP contribution in [0.4, 0.5) is 4.79 Å². The highest BCUT2D eigenvalue weighted by Crippen LogP contribution is 2.38. The van der Waals surface area contributed by atoms with E-state index in [0.29, 0.717) is 24.3 Å². The minimum absolute atomic E-state index is 0.0868. The Bertz CT molecular complexity index is 2050. The van der Waals surface area contributed by atoms with E-state index in [1.807, 2.05) is 45.0 Å². The summed E-state index contributed by atoms with van der Waals surface area (Å²) in [5.74, 6) is 0.142. The monoisotopic (exact) mass is 680 g/mol. The molecule has 2 aliphatic rings. The van der Waals surface area contributed by atoms with Crippen LogP contribution in [-0.2, 0) is 14.8 Å². The molecule has 0 bridgehead atoms. The number of amides is 2. The number of likely N-dealkylation sites (tertiary alicyclic amines) is 1. The van der Waals surface area contributed by atoms with Crippen molar-refractivity contribution >= 4 is 38.6 Å². The first-order valence-electron chi connectivity index (χ1n) is 16.7. The molecule has 4 aromatic rings. The summed E-state index contributed by atoms with van der Waals surface area (Å²) in [5.41, 5.74) is 5.20. The Morgan fingerprint density at radius 1 is 0.980 bits per heavy atom. The molecular formula is C39H44N4O5S. The molecule has 2 amide bonds. The second-order valence-electron chi connectivity index (χ2n) is 14.5. The molecule has 0 N–H and O–H groups in total. The van der Waals surface area contributed by atoms with E-state index in [1.165, 1.54) is 14.4 Å². The average molecular weight is 681 g/mol. The van der Waals surface area contributed by atoms with Crippen LogP contribution in [0.25, 0.3) is 27.7 Å². The second kappa shape index (κ2) is 13.0. The highest BCUT2D eigenvalue weighted by atomic mass is 32.2. The van der Waals surface area contributed by atoms with Crippen molar-refractivity contribution in [2.45, 2.75) is 63.2 Å². The quantitative estimate of drug-likeness (QED) is 0.209. The molecular weight excluding hydrogens is 637 g/mol. The summed E-state index contributed by atoms with van der Waals surface area (Å²) in [6.07, 6.45) is 10.7. The first kappa shape index (κ1) is 34.2. The molecule has 1 saturated heterocycles. The Kier molecular flexibility index (Phi) is 9.04. The Labute approximate surface area is 288 Å². The fourth-order valence-corrected chi connectivity index (χ4v) is 8.23. The zero-order valence-electron chi connectivity index (χ0n) is 29.0. The van der Waals surface area contributed by atoms with Crippen molar-refractivity contribution < 1.29 is 22.7 Å². The van der Waals surface area contributed by atoms with Gasteiger partial charge in [-0.15, -0.1) is 0 Å². The van der Waals surface area contributed by atoms with Crippen molar-refractivity contribution in [1.29, 1.82) is 0 Å². The highest BCUT2D eigenvalue weighted by Gasteiger charge is 2.41. The van der Waals surface area contributed by atoms with Crippen LogP contribution in [0.15, 0.2) is 91.3 Å². The lowest BCUT2D eigenvalue weighted by Gasteiger charge is -2.34. The Balaban J connectivity index is 1.18. The van der Waals surface area contributed by atoms with E-state index in [0.717, 1.165) is 40.5 Å². The van der Waals surface area contributed by atoms with Gasteiger partial charge in [0.25, 0.3) is 5.91 Å². The van der Waals surface area contributed by atoms with Gasteiger partial charge in [0, 0.05) is 62.0 Å². The average Bonchev–Trinajstić information content (AvgIpc) is 3.52. The molecule has 1 fully saturated rings. The van der Waals surface area contributed by atoms with Crippen LogP contribution >= 0.6 is 0 Å².